The molecule has 2 saturated heterocycles. The van der Waals surface area contributed by atoms with Gasteiger partial charge < -0.3 is 14.7 Å². The van der Waals surface area contributed by atoms with Crippen LogP contribution in [0.4, 0.5) is 0 Å². The van der Waals surface area contributed by atoms with E-state index < -0.39 is 0 Å². The van der Waals surface area contributed by atoms with E-state index >= 15 is 0 Å². The predicted molar refractivity (Wildman–Crippen MR) is 92.5 cm³/mol. The highest BCUT2D eigenvalue weighted by molar-refractivity contribution is 5.14. The Labute approximate surface area is 140 Å². The number of benzene rings is 1. The number of nitrogens with zero attached hydrogens (tertiary/aromatic N) is 2. The lowest BCUT2D eigenvalue weighted by Gasteiger charge is -2.30. The second-order valence-corrected chi connectivity index (χ2v) is 6.96. The summed E-state index contributed by atoms with van der Waals surface area (Å²) >= 11 is 0. The van der Waals surface area contributed by atoms with Gasteiger partial charge >= 0.3 is 0 Å². The second kappa shape index (κ2) is 8.78. The fraction of sp³-hybridized carbons (Fsp3) is 0.684. The van der Waals surface area contributed by atoms with E-state index in [2.05, 4.69) is 40.1 Å². The van der Waals surface area contributed by atoms with Crippen molar-refractivity contribution in [3.63, 3.8) is 0 Å². The quantitative estimate of drug-likeness (QED) is 0.826. The first-order valence-electron chi connectivity index (χ1n) is 9.02. The molecule has 1 N–H and O–H groups in total. The molecule has 1 aromatic rings. The van der Waals surface area contributed by atoms with E-state index in [4.69, 9.17) is 4.74 Å². The molecular weight excluding hydrogens is 288 g/mol. The minimum atomic E-state index is 0.324. The highest BCUT2D eigenvalue weighted by atomic mass is 16.5. The first-order chi connectivity index (χ1) is 11.3. The Kier molecular flexibility index (Phi) is 6.46. The van der Waals surface area contributed by atoms with E-state index in [9.17, 15) is 5.11 Å². The molecule has 2 fully saturated rings. The third kappa shape index (κ3) is 5.01. The molecule has 4 nitrogen and oxygen atoms in total. The van der Waals surface area contributed by atoms with Crippen LogP contribution in [0.1, 0.15) is 12.0 Å². The van der Waals surface area contributed by atoms with Crippen molar-refractivity contribution in [3.8, 4) is 0 Å². The molecule has 0 saturated carbocycles. The van der Waals surface area contributed by atoms with Crippen molar-refractivity contribution in [1.29, 1.82) is 0 Å². The van der Waals surface area contributed by atoms with Gasteiger partial charge in [-0.2, -0.15) is 0 Å². The second-order valence-electron chi connectivity index (χ2n) is 6.96. The van der Waals surface area contributed by atoms with Gasteiger partial charge in [0.05, 0.1) is 13.2 Å². The SMILES string of the molecule is OC[C@@H]1CN(CCCc2ccccc2)C[C@@H]1CN1CCOCC1. The van der Waals surface area contributed by atoms with Crippen molar-refractivity contribution in [2.24, 2.45) is 11.8 Å². The summed E-state index contributed by atoms with van der Waals surface area (Å²) in [5, 5.41) is 9.72. The summed E-state index contributed by atoms with van der Waals surface area (Å²) in [6.07, 6.45) is 2.35. The van der Waals surface area contributed by atoms with Gasteiger partial charge in [0.25, 0.3) is 0 Å². The molecule has 0 amide bonds. The van der Waals surface area contributed by atoms with Crippen LogP contribution in [0.15, 0.2) is 30.3 Å². The lowest BCUT2D eigenvalue weighted by Crippen LogP contribution is -2.41. The van der Waals surface area contributed by atoms with E-state index in [1.54, 1.807) is 0 Å². The van der Waals surface area contributed by atoms with Crippen molar-refractivity contribution in [2.75, 3.05) is 59.1 Å². The maximum absolute atomic E-state index is 9.72. The monoisotopic (exact) mass is 318 g/mol. The molecule has 4 heteroatoms. The topological polar surface area (TPSA) is 35.9 Å². The smallest absolute Gasteiger partial charge is 0.0594 e. The van der Waals surface area contributed by atoms with Crippen LogP contribution in [0.25, 0.3) is 0 Å². The van der Waals surface area contributed by atoms with Crippen LogP contribution in [-0.4, -0.2) is 74.0 Å². The Morgan fingerprint density at radius 1 is 1.00 bits per heavy atom. The number of hydrogen-bond donors (Lipinski definition) is 1. The van der Waals surface area contributed by atoms with Crippen LogP contribution in [0, 0.1) is 11.8 Å². The summed E-state index contributed by atoms with van der Waals surface area (Å²) in [7, 11) is 0. The average molecular weight is 318 g/mol. The van der Waals surface area contributed by atoms with Crippen LogP contribution in [0.3, 0.4) is 0 Å². The minimum Gasteiger partial charge on any atom is -0.396 e. The van der Waals surface area contributed by atoms with Gasteiger partial charge in [-0.25, -0.2) is 0 Å². The van der Waals surface area contributed by atoms with Crippen LogP contribution < -0.4 is 0 Å². The lowest BCUT2D eigenvalue weighted by atomic mass is 9.96. The summed E-state index contributed by atoms with van der Waals surface area (Å²) in [5.74, 6) is 1.05. The first-order valence-corrected chi connectivity index (χ1v) is 9.02. The van der Waals surface area contributed by atoms with Gasteiger partial charge in [-0.05, 0) is 36.8 Å². The Balaban J connectivity index is 1.42. The molecule has 0 unspecified atom stereocenters. The van der Waals surface area contributed by atoms with Crippen molar-refractivity contribution >= 4 is 0 Å². The van der Waals surface area contributed by atoms with Crippen molar-refractivity contribution in [2.45, 2.75) is 12.8 Å². The third-order valence-corrected chi connectivity index (χ3v) is 5.27. The minimum absolute atomic E-state index is 0.324. The van der Waals surface area contributed by atoms with Gasteiger partial charge in [-0.15, -0.1) is 0 Å². The van der Waals surface area contributed by atoms with Gasteiger partial charge in [0.15, 0.2) is 0 Å². The van der Waals surface area contributed by atoms with Crippen LogP contribution in [0.5, 0.6) is 0 Å². The molecule has 0 radical (unpaired) electrons. The Bertz CT molecular complexity index is 448. The number of likely N-dealkylation sites (tertiary alicyclic amines) is 1. The third-order valence-electron chi connectivity index (χ3n) is 5.27. The Morgan fingerprint density at radius 2 is 1.74 bits per heavy atom. The number of morpholine rings is 1. The summed E-state index contributed by atoms with van der Waals surface area (Å²) in [6.45, 7) is 8.58. The summed E-state index contributed by atoms with van der Waals surface area (Å²) in [6, 6.07) is 10.7. The van der Waals surface area contributed by atoms with Crippen LogP contribution in [0.2, 0.25) is 0 Å². The highest BCUT2D eigenvalue weighted by Gasteiger charge is 2.33. The molecule has 3 rings (SSSR count). The fourth-order valence-electron chi connectivity index (χ4n) is 3.90. The largest absolute Gasteiger partial charge is 0.396 e. The van der Waals surface area contributed by atoms with Crippen molar-refractivity contribution < 1.29 is 9.84 Å². The van der Waals surface area contributed by atoms with Crippen molar-refractivity contribution in [3.05, 3.63) is 35.9 Å². The van der Waals surface area contributed by atoms with Gasteiger partial charge in [-0.1, -0.05) is 30.3 Å². The predicted octanol–water partition coefficient (Wildman–Crippen LogP) is 1.49. The summed E-state index contributed by atoms with van der Waals surface area (Å²) in [4.78, 5) is 5.05. The molecule has 2 aliphatic heterocycles. The van der Waals surface area contributed by atoms with Crippen molar-refractivity contribution in [1.82, 2.24) is 9.80 Å². The Hall–Kier alpha value is -0.940. The molecule has 2 atom stereocenters. The zero-order chi connectivity index (χ0) is 15.9. The normalized spacial score (nSPS) is 26.7. The molecule has 0 aromatic heterocycles. The Morgan fingerprint density at radius 3 is 2.48 bits per heavy atom. The molecule has 0 aliphatic carbocycles. The molecule has 2 heterocycles. The fourth-order valence-corrected chi connectivity index (χ4v) is 3.90. The highest BCUT2D eigenvalue weighted by Crippen LogP contribution is 2.24. The molecule has 1 aromatic carbocycles. The van der Waals surface area contributed by atoms with E-state index in [0.717, 1.165) is 58.9 Å². The molecule has 0 spiro atoms. The summed E-state index contributed by atoms with van der Waals surface area (Å²) < 4.78 is 5.43. The van der Waals surface area contributed by atoms with E-state index in [-0.39, 0.29) is 0 Å². The molecule has 23 heavy (non-hydrogen) atoms. The van der Waals surface area contributed by atoms with Gasteiger partial charge in [0, 0.05) is 39.3 Å². The lowest BCUT2D eigenvalue weighted by molar-refractivity contribution is 0.0265. The number of aryl methyl sites for hydroxylation is 1. The molecule has 0 bridgehead atoms. The zero-order valence-corrected chi connectivity index (χ0v) is 14.1. The number of aliphatic hydroxyl groups is 1. The number of hydrogen-bond acceptors (Lipinski definition) is 4. The van der Waals surface area contributed by atoms with Crippen LogP contribution >= 0.6 is 0 Å². The first kappa shape index (κ1) is 16.9. The standard InChI is InChI=1S/C19H30N2O2/c22-16-19-15-21(8-4-7-17-5-2-1-3-6-17)14-18(19)13-20-9-11-23-12-10-20/h1-3,5-6,18-19,22H,4,7-16H2/t18-,19-/m0/s1. The average Bonchev–Trinajstić information content (AvgIpc) is 2.98. The van der Waals surface area contributed by atoms with Gasteiger partial charge in [0.2, 0.25) is 0 Å². The molecule has 128 valence electrons. The molecule has 2 aliphatic rings. The zero-order valence-electron chi connectivity index (χ0n) is 14.1. The summed E-state index contributed by atoms with van der Waals surface area (Å²) in [5.41, 5.74) is 1.43. The number of rotatable bonds is 7. The molecular formula is C19H30N2O2. The number of aliphatic hydroxyl groups excluding tert-OH is 1. The van der Waals surface area contributed by atoms with E-state index in [1.165, 1.54) is 12.0 Å². The van der Waals surface area contributed by atoms with Gasteiger partial charge in [-0.3, -0.25) is 4.90 Å². The maximum Gasteiger partial charge on any atom is 0.0594 e. The van der Waals surface area contributed by atoms with Gasteiger partial charge in [0.1, 0.15) is 0 Å². The van der Waals surface area contributed by atoms with E-state index in [0.29, 0.717) is 18.4 Å². The van der Waals surface area contributed by atoms with Crippen LogP contribution in [-0.2, 0) is 11.2 Å². The van der Waals surface area contributed by atoms with E-state index in [1.807, 2.05) is 0 Å². The maximum atomic E-state index is 9.72. The number of ether oxygens (including phenoxy) is 1.